The van der Waals surface area contributed by atoms with Crippen LogP contribution in [0.15, 0.2) is 6.07 Å². The number of rotatable bonds is 3. The molecule has 0 saturated heterocycles. The molecule has 15 heavy (non-hydrogen) atoms. The van der Waals surface area contributed by atoms with Crippen molar-refractivity contribution in [2.24, 2.45) is 5.73 Å². The third-order valence-electron chi connectivity index (χ3n) is 2.45. The predicted octanol–water partition coefficient (Wildman–Crippen LogP) is 1.96. The van der Waals surface area contributed by atoms with E-state index in [1.165, 1.54) is 0 Å². The molecule has 0 fully saturated rings. The molecule has 0 amide bonds. The van der Waals surface area contributed by atoms with E-state index in [-0.39, 0.29) is 6.61 Å². The number of nitrogens with two attached hydrogens (primary N) is 1. The highest BCUT2D eigenvalue weighted by molar-refractivity contribution is 6.32. The minimum atomic E-state index is -0.436. The second-order valence-electron chi connectivity index (χ2n) is 3.54. The van der Waals surface area contributed by atoms with Gasteiger partial charge in [0.15, 0.2) is 0 Å². The van der Waals surface area contributed by atoms with Gasteiger partial charge in [-0.05, 0) is 25.5 Å². The van der Waals surface area contributed by atoms with Crippen LogP contribution in [0.3, 0.4) is 0 Å². The lowest BCUT2D eigenvalue weighted by Crippen LogP contribution is -2.16. The molecule has 0 heterocycles. The SMILES string of the molecule is COc1c(C(N)CO)cc(C)c(Cl)c1C. The topological polar surface area (TPSA) is 55.5 Å². The van der Waals surface area contributed by atoms with E-state index in [0.29, 0.717) is 10.8 Å². The molecule has 0 radical (unpaired) electrons. The Labute approximate surface area is 94.8 Å². The first-order chi connectivity index (χ1) is 7.02. The van der Waals surface area contributed by atoms with Crippen molar-refractivity contribution in [3.05, 3.63) is 27.8 Å². The Kier molecular flexibility index (Phi) is 3.97. The van der Waals surface area contributed by atoms with Gasteiger partial charge in [0.1, 0.15) is 5.75 Å². The van der Waals surface area contributed by atoms with Gasteiger partial charge in [-0.3, -0.25) is 0 Å². The minimum Gasteiger partial charge on any atom is -0.496 e. The molecule has 4 heteroatoms. The lowest BCUT2D eigenvalue weighted by atomic mass is 10.0. The van der Waals surface area contributed by atoms with Gasteiger partial charge in [-0.2, -0.15) is 0 Å². The Morgan fingerprint density at radius 2 is 2.13 bits per heavy atom. The van der Waals surface area contributed by atoms with Crippen LogP contribution in [0.25, 0.3) is 0 Å². The van der Waals surface area contributed by atoms with E-state index in [9.17, 15) is 0 Å². The van der Waals surface area contributed by atoms with Crippen molar-refractivity contribution in [3.8, 4) is 5.75 Å². The number of aryl methyl sites for hydroxylation is 1. The van der Waals surface area contributed by atoms with Gasteiger partial charge in [0, 0.05) is 11.1 Å². The van der Waals surface area contributed by atoms with Crippen LogP contribution in [-0.4, -0.2) is 18.8 Å². The molecular formula is C11H16ClNO2. The maximum Gasteiger partial charge on any atom is 0.128 e. The largest absolute Gasteiger partial charge is 0.496 e. The van der Waals surface area contributed by atoms with Crippen LogP contribution in [0, 0.1) is 13.8 Å². The van der Waals surface area contributed by atoms with Gasteiger partial charge < -0.3 is 15.6 Å². The Hall–Kier alpha value is -0.770. The molecule has 0 saturated carbocycles. The van der Waals surface area contributed by atoms with Crippen molar-refractivity contribution < 1.29 is 9.84 Å². The summed E-state index contributed by atoms with van der Waals surface area (Å²) in [6, 6.07) is 1.42. The highest BCUT2D eigenvalue weighted by Gasteiger charge is 2.16. The van der Waals surface area contributed by atoms with Crippen LogP contribution in [0.2, 0.25) is 5.02 Å². The Balaban J connectivity index is 3.38. The fourth-order valence-electron chi connectivity index (χ4n) is 1.62. The highest BCUT2D eigenvalue weighted by atomic mass is 35.5. The summed E-state index contributed by atoms with van der Waals surface area (Å²) in [4.78, 5) is 0. The minimum absolute atomic E-state index is 0.114. The molecule has 0 aliphatic heterocycles. The maximum atomic E-state index is 9.05. The lowest BCUT2D eigenvalue weighted by Gasteiger charge is -2.18. The number of aliphatic hydroxyl groups is 1. The summed E-state index contributed by atoms with van der Waals surface area (Å²) >= 11 is 6.10. The molecule has 0 aliphatic carbocycles. The predicted molar refractivity (Wildman–Crippen MR) is 61.5 cm³/mol. The van der Waals surface area contributed by atoms with Gasteiger partial charge in [-0.25, -0.2) is 0 Å². The van der Waals surface area contributed by atoms with Gasteiger partial charge in [0.2, 0.25) is 0 Å². The number of methoxy groups -OCH3 is 1. The standard InChI is InChI=1S/C11H16ClNO2/c1-6-4-8(9(13)5-14)11(15-3)7(2)10(6)12/h4,9,14H,5,13H2,1-3H3. The average molecular weight is 230 g/mol. The first-order valence-corrected chi connectivity index (χ1v) is 5.10. The highest BCUT2D eigenvalue weighted by Crippen LogP contribution is 2.34. The second-order valence-corrected chi connectivity index (χ2v) is 3.92. The summed E-state index contributed by atoms with van der Waals surface area (Å²) in [5.41, 5.74) is 8.37. The molecule has 84 valence electrons. The summed E-state index contributed by atoms with van der Waals surface area (Å²) in [5.74, 6) is 0.659. The zero-order chi connectivity index (χ0) is 11.6. The summed E-state index contributed by atoms with van der Waals surface area (Å²) in [5, 5.41) is 9.73. The van der Waals surface area contributed by atoms with Gasteiger partial charge >= 0.3 is 0 Å². The summed E-state index contributed by atoms with van der Waals surface area (Å²) < 4.78 is 5.26. The summed E-state index contributed by atoms with van der Waals surface area (Å²) in [7, 11) is 1.57. The van der Waals surface area contributed by atoms with Gasteiger partial charge in [0.05, 0.1) is 24.8 Å². The Morgan fingerprint density at radius 1 is 1.53 bits per heavy atom. The third kappa shape index (κ3) is 2.25. The van der Waals surface area contributed by atoms with Crippen LogP contribution in [0.5, 0.6) is 5.75 Å². The van der Waals surface area contributed by atoms with Crippen molar-refractivity contribution in [2.45, 2.75) is 19.9 Å². The number of ether oxygens (including phenoxy) is 1. The number of hydrogen-bond donors (Lipinski definition) is 2. The monoisotopic (exact) mass is 229 g/mol. The van der Waals surface area contributed by atoms with Crippen molar-refractivity contribution >= 4 is 11.6 Å². The molecule has 3 N–H and O–H groups in total. The molecule has 1 atom stereocenters. The first-order valence-electron chi connectivity index (χ1n) is 4.73. The van der Waals surface area contributed by atoms with E-state index < -0.39 is 6.04 Å². The lowest BCUT2D eigenvalue weighted by molar-refractivity contribution is 0.264. The summed E-state index contributed by atoms with van der Waals surface area (Å²) in [6.45, 7) is 3.67. The number of aliphatic hydroxyl groups excluding tert-OH is 1. The fraction of sp³-hybridized carbons (Fsp3) is 0.455. The second kappa shape index (κ2) is 4.84. The Morgan fingerprint density at radius 3 is 2.60 bits per heavy atom. The molecule has 1 aromatic rings. The van der Waals surface area contributed by atoms with E-state index in [2.05, 4.69) is 0 Å². The number of hydrogen-bond acceptors (Lipinski definition) is 3. The molecule has 1 unspecified atom stereocenters. The normalized spacial score (nSPS) is 12.7. The van der Waals surface area contributed by atoms with Crippen LogP contribution in [0.1, 0.15) is 22.7 Å². The van der Waals surface area contributed by atoms with Gasteiger partial charge in [0.25, 0.3) is 0 Å². The van der Waals surface area contributed by atoms with Crippen molar-refractivity contribution in [1.29, 1.82) is 0 Å². The zero-order valence-electron chi connectivity index (χ0n) is 9.17. The molecule has 3 nitrogen and oxygen atoms in total. The van der Waals surface area contributed by atoms with Crippen molar-refractivity contribution in [1.82, 2.24) is 0 Å². The molecule has 0 spiro atoms. The first kappa shape index (κ1) is 12.3. The molecule has 0 aromatic heterocycles. The zero-order valence-corrected chi connectivity index (χ0v) is 9.93. The maximum absolute atomic E-state index is 9.05. The van der Waals surface area contributed by atoms with Crippen LogP contribution >= 0.6 is 11.6 Å². The van der Waals surface area contributed by atoms with Crippen molar-refractivity contribution in [3.63, 3.8) is 0 Å². The molecular weight excluding hydrogens is 214 g/mol. The number of halogens is 1. The fourth-order valence-corrected chi connectivity index (χ4v) is 1.76. The Bertz CT molecular complexity index is 366. The van der Waals surface area contributed by atoms with E-state index in [1.807, 2.05) is 19.9 Å². The molecule has 1 aromatic carbocycles. The van der Waals surface area contributed by atoms with Crippen molar-refractivity contribution in [2.75, 3.05) is 13.7 Å². The molecule has 0 bridgehead atoms. The van der Waals surface area contributed by atoms with Crippen LogP contribution in [0.4, 0.5) is 0 Å². The van der Waals surface area contributed by atoms with Crippen LogP contribution < -0.4 is 10.5 Å². The molecule has 1 rings (SSSR count). The van der Waals surface area contributed by atoms with Gasteiger partial charge in [-0.15, -0.1) is 0 Å². The average Bonchev–Trinajstić information content (AvgIpc) is 2.24. The van der Waals surface area contributed by atoms with Crippen LogP contribution in [-0.2, 0) is 0 Å². The van der Waals surface area contributed by atoms with E-state index in [4.69, 9.17) is 27.2 Å². The van der Waals surface area contributed by atoms with E-state index >= 15 is 0 Å². The number of benzene rings is 1. The smallest absolute Gasteiger partial charge is 0.128 e. The third-order valence-corrected chi connectivity index (χ3v) is 3.03. The van der Waals surface area contributed by atoms with Gasteiger partial charge in [-0.1, -0.05) is 11.6 Å². The molecule has 0 aliphatic rings. The quantitative estimate of drug-likeness (QED) is 0.833. The van der Waals surface area contributed by atoms with E-state index in [0.717, 1.165) is 16.7 Å². The van der Waals surface area contributed by atoms with E-state index in [1.54, 1.807) is 7.11 Å². The summed E-state index contributed by atoms with van der Waals surface area (Å²) in [6.07, 6.45) is 0.